The zero-order valence-corrected chi connectivity index (χ0v) is 13.4. The number of amides is 2. The van der Waals surface area contributed by atoms with Gasteiger partial charge < -0.3 is 15.8 Å². The number of halogens is 2. The van der Waals surface area contributed by atoms with Crippen LogP contribution in [0.15, 0.2) is 36.4 Å². The van der Waals surface area contributed by atoms with E-state index < -0.39 is 23.5 Å². The van der Waals surface area contributed by atoms with Crippen LogP contribution in [0, 0.1) is 17.6 Å². The summed E-state index contributed by atoms with van der Waals surface area (Å²) in [5.74, 6) is -2.62. The number of primary amides is 1. The summed E-state index contributed by atoms with van der Waals surface area (Å²) in [7, 11) is 1.43. The Balaban J connectivity index is 1.75. The minimum Gasteiger partial charge on any atom is -0.495 e. The molecule has 0 heterocycles. The van der Waals surface area contributed by atoms with Gasteiger partial charge >= 0.3 is 0 Å². The number of carbonyl (C=O) groups excluding carboxylic acids is 2. The number of ether oxygens (including phenoxy) is 1. The largest absolute Gasteiger partial charge is 0.495 e. The first-order valence-corrected chi connectivity index (χ1v) is 7.64. The molecule has 1 fully saturated rings. The summed E-state index contributed by atoms with van der Waals surface area (Å²) >= 11 is 0. The third-order valence-electron chi connectivity index (χ3n) is 4.23. The molecule has 3 rings (SSSR count). The van der Waals surface area contributed by atoms with E-state index in [4.69, 9.17) is 10.5 Å². The number of hydrogen-bond donors (Lipinski definition) is 2. The highest BCUT2D eigenvalue weighted by Gasteiger charge is 2.45. The molecule has 2 unspecified atom stereocenters. The van der Waals surface area contributed by atoms with Crippen molar-refractivity contribution in [1.29, 1.82) is 0 Å². The maximum absolute atomic E-state index is 13.8. The van der Waals surface area contributed by atoms with Crippen LogP contribution in [-0.2, 0) is 4.79 Å². The average Bonchev–Trinajstić information content (AvgIpc) is 3.35. The SMILES string of the molecule is COc1ccc(C(N)=O)cc1NC(=O)C1CC1c1ccc(F)cc1F. The van der Waals surface area contributed by atoms with E-state index in [0.29, 0.717) is 23.4 Å². The molecule has 7 heteroatoms. The predicted molar refractivity (Wildman–Crippen MR) is 87.3 cm³/mol. The van der Waals surface area contributed by atoms with Crippen LogP contribution in [0.1, 0.15) is 28.3 Å². The minimum atomic E-state index is -0.659. The molecule has 0 aromatic heterocycles. The Morgan fingerprint density at radius 1 is 1.20 bits per heavy atom. The van der Waals surface area contributed by atoms with Gasteiger partial charge in [0, 0.05) is 17.5 Å². The van der Waals surface area contributed by atoms with Gasteiger partial charge in [-0.05, 0) is 42.2 Å². The molecule has 5 nitrogen and oxygen atoms in total. The van der Waals surface area contributed by atoms with Gasteiger partial charge in [0.05, 0.1) is 12.8 Å². The summed E-state index contributed by atoms with van der Waals surface area (Å²) in [6.07, 6.45) is 0.464. The molecule has 2 amide bonds. The Morgan fingerprint density at radius 3 is 2.60 bits per heavy atom. The molecule has 0 spiro atoms. The van der Waals surface area contributed by atoms with Crippen LogP contribution < -0.4 is 15.8 Å². The lowest BCUT2D eigenvalue weighted by molar-refractivity contribution is -0.117. The number of carbonyl (C=O) groups is 2. The maximum atomic E-state index is 13.8. The van der Waals surface area contributed by atoms with E-state index in [1.807, 2.05) is 0 Å². The monoisotopic (exact) mass is 346 g/mol. The maximum Gasteiger partial charge on any atom is 0.248 e. The highest BCUT2D eigenvalue weighted by molar-refractivity contribution is 5.99. The highest BCUT2D eigenvalue weighted by Crippen LogP contribution is 2.49. The topological polar surface area (TPSA) is 81.4 Å². The lowest BCUT2D eigenvalue weighted by atomic mass is 10.1. The molecule has 1 saturated carbocycles. The first-order chi connectivity index (χ1) is 11.9. The second-order valence-corrected chi connectivity index (χ2v) is 5.88. The lowest BCUT2D eigenvalue weighted by Crippen LogP contribution is -2.17. The van der Waals surface area contributed by atoms with Crippen LogP contribution in [-0.4, -0.2) is 18.9 Å². The number of anilines is 1. The summed E-state index contributed by atoms with van der Waals surface area (Å²) in [4.78, 5) is 23.7. The zero-order chi connectivity index (χ0) is 18.1. The van der Waals surface area contributed by atoms with Crippen molar-refractivity contribution in [3.05, 3.63) is 59.2 Å². The smallest absolute Gasteiger partial charge is 0.248 e. The van der Waals surface area contributed by atoms with Crippen LogP contribution in [0.2, 0.25) is 0 Å². The summed E-state index contributed by atoms with van der Waals surface area (Å²) in [5, 5.41) is 2.68. The van der Waals surface area contributed by atoms with Crippen molar-refractivity contribution in [2.45, 2.75) is 12.3 Å². The first-order valence-electron chi connectivity index (χ1n) is 7.64. The third kappa shape index (κ3) is 3.45. The molecule has 1 aliphatic carbocycles. The van der Waals surface area contributed by atoms with Crippen LogP contribution in [0.3, 0.4) is 0 Å². The molecule has 3 N–H and O–H groups in total. The fraction of sp³-hybridized carbons (Fsp3) is 0.222. The molecule has 2 aromatic rings. The summed E-state index contributed by atoms with van der Waals surface area (Å²) in [6, 6.07) is 7.78. The third-order valence-corrected chi connectivity index (χ3v) is 4.23. The van der Waals surface area contributed by atoms with Gasteiger partial charge in [-0.25, -0.2) is 8.78 Å². The van der Waals surface area contributed by atoms with Gasteiger partial charge in [0.15, 0.2) is 0 Å². The van der Waals surface area contributed by atoms with Gasteiger partial charge in [-0.3, -0.25) is 9.59 Å². The summed E-state index contributed by atoms with van der Waals surface area (Å²) in [6.45, 7) is 0. The first kappa shape index (κ1) is 16.9. The normalized spacial score (nSPS) is 18.5. The van der Waals surface area contributed by atoms with Crippen LogP contribution >= 0.6 is 0 Å². The van der Waals surface area contributed by atoms with Crippen LogP contribution in [0.25, 0.3) is 0 Å². The molecule has 2 atom stereocenters. The van der Waals surface area contributed by atoms with E-state index in [1.165, 1.54) is 37.4 Å². The lowest BCUT2D eigenvalue weighted by Gasteiger charge is -2.11. The van der Waals surface area contributed by atoms with Crippen molar-refractivity contribution < 1.29 is 23.1 Å². The molecule has 130 valence electrons. The molecule has 0 aliphatic heterocycles. The van der Waals surface area contributed by atoms with Crippen molar-refractivity contribution in [1.82, 2.24) is 0 Å². The summed E-state index contributed by atoms with van der Waals surface area (Å²) < 4.78 is 32.0. The van der Waals surface area contributed by atoms with Crippen LogP contribution in [0.4, 0.5) is 14.5 Å². The Kier molecular flexibility index (Phi) is 4.39. The second-order valence-electron chi connectivity index (χ2n) is 5.88. The number of rotatable bonds is 5. The predicted octanol–water partition coefficient (Wildman–Crippen LogP) is 2.81. The number of benzene rings is 2. The van der Waals surface area contributed by atoms with E-state index >= 15 is 0 Å². The second kappa shape index (κ2) is 6.51. The van der Waals surface area contributed by atoms with Crippen molar-refractivity contribution in [2.75, 3.05) is 12.4 Å². The number of nitrogens with two attached hydrogens (primary N) is 1. The van der Waals surface area contributed by atoms with Gasteiger partial charge in [-0.15, -0.1) is 0 Å². The van der Waals surface area contributed by atoms with Gasteiger partial charge in [0.25, 0.3) is 0 Å². The van der Waals surface area contributed by atoms with E-state index in [9.17, 15) is 18.4 Å². The van der Waals surface area contributed by atoms with Crippen molar-refractivity contribution >= 4 is 17.5 Å². The molecule has 25 heavy (non-hydrogen) atoms. The van der Waals surface area contributed by atoms with Gasteiger partial charge in [0.1, 0.15) is 17.4 Å². The highest BCUT2D eigenvalue weighted by atomic mass is 19.1. The average molecular weight is 346 g/mol. The Bertz CT molecular complexity index is 854. The minimum absolute atomic E-state index is 0.230. The fourth-order valence-corrected chi connectivity index (χ4v) is 2.82. The molecular formula is C18H16F2N2O3. The molecular weight excluding hydrogens is 330 g/mol. The Morgan fingerprint density at radius 2 is 1.96 bits per heavy atom. The Labute approximate surface area is 142 Å². The van der Waals surface area contributed by atoms with E-state index in [2.05, 4.69) is 5.32 Å². The molecule has 2 aromatic carbocycles. The zero-order valence-electron chi connectivity index (χ0n) is 13.4. The van der Waals surface area contributed by atoms with E-state index in [0.717, 1.165) is 6.07 Å². The van der Waals surface area contributed by atoms with E-state index in [1.54, 1.807) is 0 Å². The fourth-order valence-electron chi connectivity index (χ4n) is 2.82. The number of methoxy groups -OCH3 is 1. The standard InChI is InChI=1S/C18H16F2N2O3/c1-25-16-5-2-9(17(21)23)6-15(16)22-18(24)13-8-12(13)11-4-3-10(19)7-14(11)20/h2-7,12-13H,8H2,1H3,(H2,21,23)(H,22,24). The van der Waals surface area contributed by atoms with E-state index in [-0.39, 0.29) is 17.4 Å². The molecule has 0 radical (unpaired) electrons. The van der Waals surface area contributed by atoms with Crippen molar-refractivity contribution in [3.63, 3.8) is 0 Å². The van der Waals surface area contributed by atoms with Crippen molar-refractivity contribution in [2.24, 2.45) is 11.7 Å². The number of hydrogen-bond acceptors (Lipinski definition) is 3. The summed E-state index contributed by atoms with van der Waals surface area (Å²) in [5.41, 5.74) is 6.10. The molecule has 0 saturated heterocycles. The quantitative estimate of drug-likeness (QED) is 0.873. The van der Waals surface area contributed by atoms with Gasteiger partial charge in [0.2, 0.25) is 11.8 Å². The molecule has 0 bridgehead atoms. The van der Waals surface area contributed by atoms with Crippen molar-refractivity contribution in [3.8, 4) is 5.75 Å². The van der Waals surface area contributed by atoms with Gasteiger partial charge in [-0.2, -0.15) is 0 Å². The van der Waals surface area contributed by atoms with Gasteiger partial charge in [-0.1, -0.05) is 6.07 Å². The molecule has 1 aliphatic rings. The Hall–Kier alpha value is -2.96. The number of nitrogens with one attached hydrogen (secondary N) is 1. The van der Waals surface area contributed by atoms with Crippen LogP contribution in [0.5, 0.6) is 5.75 Å².